The summed E-state index contributed by atoms with van der Waals surface area (Å²) in [5.74, 6) is 0.468. The van der Waals surface area contributed by atoms with E-state index in [-0.39, 0.29) is 5.82 Å². The number of halogens is 1. The largest absolute Gasteiger partial charge is 0.398 e. The number of hydrogen-bond acceptors (Lipinski definition) is 3. The monoisotopic (exact) mass is 265 g/mol. The van der Waals surface area contributed by atoms with Crippen molar-refractivity contribution in [3.63, 3.8) is 0 Å². The highest BCUT2D eigenvalue weighted by Crippen LogP contribution is 2.29. The number of nitrogens with two attached hydrogens (primary N) is 1. The predicted molar refractivity (Wildman–Crippen MR) is 73.0 cm³/mol. The minimum atomic E-state index is -0.260. The molecule has 0 radical (unpaired) electrons. The van der Waals surface area contributed by atoms with E-state index >= 15 is 0 Å². The number of thioether (sulfide) groups is 1. The average molecular weight is 265 g/mol. The van der Waals surface area contributed by atoms with Gasteiger partial charge in [0.2, 0.25) is 0 Å². The van der Waals surface area contributed by atoms with Crippen LogP contribution in [0.3, 0.4) is 0 Å². The molecule has 2 N–H and O–H groups in total. The first-order chi connectivity index (χ1) is 8.58. The number of anilines is 1. The molecular weight excluding hydrogens is 249 g/mol. The lowest BCUT2D eigenvalue weighted by molar-refractivity contribution is 0.584. The molecule has 1 heterocycles. The number of nitrogens with zero attached hydrogens (tertiary/aromatic N) is 2. The quantitative estimate of drug-likeness (QED) is 0.680. The maximum Gasteiger partial charge on any atom is 0.124 e. The summed E-state index contributed by atoms with van der Waals surface area (Å²) in [6.07, 6.45) is 3.65. The summed E-state index contributed by atoms with van der Waals surface area (Å²) in [6.45, 7) is 4.21. The fraction of sp³-hybridized carbons (Fsp3) is 0.308. The molecule has 96 valence electrons. The third-order valence-electron chi connectivity index (χ3n) is 2.65. The SMILES string of the molecule is CC(C)n1cncc1CSc1cc(F)ccc1N. The van der Waals surface area contributed by atoms with E-state index in [4.69, 9.17) is 5.73 Å². The maximum atomic E-state index is 13.1. The Morgan fingerprint density at radius 3 is 2.94 bits per heavy atom. The van der Waals surface area contributed by atoms with E-state index in [1.165, 1.54) is 23.9 Å². The lowest BCUT2D eigenvalue weighted by Crippen LogP contribution is -2.03. The third kappa shape index (κ3) is 2.85. The Kier molecular flexibility index (Phi) is 3.91. The molecule has 2 aromatic rings. The number of aromatic nitrogens is 2. The molecule has 1 aromatic heterocycles. The molecule has 18 heavy (non-hydrogen) atoms. The van der Waals surface area contributed by atoms with Crippen LogP contribution in [0.2, 0.25) is 0 Å². The molecule has 0 spiro atoms. The number of rotatable bonds is 4. The normalized spacial score (nSPS) is 11.1. The van der Waals surface area contributed by atoms with Crippen LogP contribution in [-0.4, -0.2) is 9.55 Å². The van der Waals surface area contributed by atoms with Gasteiger partial charge >= 0.3 is 0 Å². The number of hydrogen-bond donors (Lipinski definition) is 1. The van der Waals surface area contributed by atoms with Gasteiger partial charge in [-0.3, -0.25) is 0 Å². The highest BCUT2D eigenvalue weighted by molar-refractivity contribution is 7.98. The molecule has 0 saturated heterocycles. The van der Waals surface area contributed by atoms with Gasteiger partial charge in [-0.05, 0) is 32.0 Å². The molecule has 0 unspecified atom stereocenters. The highest BCUT2D eigenvalue weighted by Gasteiger charge is 2.08. The van der Waals surface area contributed by atoms with Crippen molar-refractivity contribution in [3.05, 3.63) is 42.2 Å². The Morgan fingerprint density at radius 1 is 1.44 bits per heavy atom. The molecule has 0 amide bonds. The summed E-state index contributed by atoms with van der Waals surface area (Å²) >= 11 is 1.52. The van der Waals surface area contributed by atoms with E-state index in [1.807, 2.05) is 12.5 Å². The van der Waals surface area contributed by atoms with Crippen LogP contribution in [0.5, 0.6) is 0 Å². The van der Waals surface area contributed by atoms with Crippen LogP contribution in [0.15, 0.2) is 35.6 Å². The van der Waals surface area contributed by atoms with E-state index in [9.17, 15) is 4.39 Å². The van der Waals surface area contributed by atoms with Crippen molar-refractivity contribution in [3.8, 4) is 0 Å². The molecule has 0 aliphatic heterocycles. The summed E-state index contributed by atoms with van der Waals surface area (Å²) in [7, 11) is 0. The van der Waals surface area contributed by atoms with Crippen LogP contribution >= 0.6 is 11.8 Å². The van der Waals surface area contributed by atoms with Crippen molar-refractivity contribution in [2.24, 2.45) is 0 Å². The summed E-state index contributed by atoms with van der Waals surface area (Å²) in [5, 5.41) is 0. The van der Waals surface area contributed by atoms with Gasteiger partial charge < -0.3 is 10.3 Å². The van der Waals surface area contributed by atoms with Crippen molar-refractivity contribution in [2.75, 3.05) is 5.73 Å². The lowest BCUT2D eigenvalue weighted by Gasteiger charge is -2.12. The Labute approximate surface area is 110 Å². The summed E-state index contributed by atoms with van der Waals surface area (Å²) in [5.41, 5.74) is 7.54. The molecule has 3 nitrogen and oxygen atoms in total. The van der Waals surface area contributed by atoms with Crippen molar-refractivity contribution in [2.45, 2.75) is 30.5 Å². The van der Waals surface area contributed by atoms with Crippen LogP contribution in [-0.2, 0) is 5.75 Å². The fourth-order valence-electron chi connectivity index (χ4n) is 1.69. The van der Waals surface area contributed by atoms with Gasteiger partial charge in [0.05, 0.1) is 6.33 Å². The number of imidazole rings is 1. The lowest BCUT2D eigenvalue weighted by atomic mass is 10.3. The van der Waals surface area contributed by atoms with Crippen molar-refractivity contribution in [1.82, 2.24) is 9.55 Å². The van der Waals surface area contributed by atoms with Crippen LogP contribution < -0.4 is 5.73 Å². The van der Waals surface area contributed by atoms with Gasteiger partial charge in [0.15, 0.2) is 0 Å². The molecule has 5 heteroatoms. The van der Waals surface area contributed by atoms with Crippen LogP contribution in [0.1, 0.15) is 25.6 Å². The number of benzene rings is 1. The molecule has 0 aliphatic carbocycles. The molecule has 0 aliphatic rings. The second-order valence-electron chi connectivity index (χ2n) is 4.36. The minimum Gasteiger partial charge on any atom is -0.398 e. The predicted octanol–water partition coefficient (Wildman–Crippen LogP) is 3.48. The molecule has 1 aromatic carbocycles. The van der Waals surface area contributed by atoms with Crippen molar-refractivity contribution >= 4 is 17.4 Å². The Balaban J connectivity index is 2.11. The second-order valence-corrected chi connectivity index (χ2v) is 5.37. The highest BCUT2D eigenvalue weighted by atomic mass is 32.2. The molecule has 0 saturated carbocycles. The van der Waals surface area contributed by atoms with Gasteiger partial charge in [0.25, 0.3) is 0 Å². The van der Waals surface area contributed by atoms with Gasteiger partial charge in [0.1, 0.15) is 5.82 Å². The minimum absolute atomic E-state index is 0.260. The summed E-state index contributed by atoms with van der Waals surface area (Å²) in [4.78, 5) is 4.91. The van der Waals surface area contributed by atoms with E-state index < -0.39 is 0 Å². The molecule has 2 rings (SSSR count). The zero-order valence-electron chi connectivity index (χ0n) is 10.4. The smallest absolute Gasteiger partial charge is 0.124 e. The third-order valence-corrected chi connectivity index (χ3v) is 3.76. The van der Waals surface area contributed by atoms with Gasteiger partial charge in [-0.25, -0.2) is 9.37 Å². The molecule has 0 bridgehead atoms. The molecule has 0 atom stereocenters. The van der Waals surface area contributed by atoms with E-state index in [0.29, 0.717) is 11.7 Å². The Hall–Kier alpha value is -1.49. The first-order valence-corrected chi connectivity index (χ1v) is 6.75. The van der Waals surface area contributed by atoms with Crippen molar-refractivity contribution in [1.29, 1.82) is 0 Å². The first kappa shape index (κ1) is 13.0. The van der Waals surface area contributed by atoms with Crippen LogP contribution in [0.25, 0.3) is 0 Å². The van der Waals surface area contributed by atoms with Gasteiger partial charge in [-0.2, -0.15) is 0 Å². The summed E-state index contributed by atoms with van der Waals surface area (Å²) in [6, 6.07) is 4.80. The molecular formula is C13H16FN3S. The van der Waals surface area contributed by atoms with Gasteiger partial charge in [0, 0.05) is 34.3 Å². The van der Waals surface area contributed by atoms with E-state index in [1.54, 1.807) is 6.07 Å². The van der Waals surface area contributed by atoms with Crippen LogP contribution in [0.4, 0.5) is 10.1 Å². The zero-order chi connectivity index (χ0) is 13.1. The zero-order valence-corrected chi connectivity index (χ0v) is 11.2. The Bertz CT molecular complexity index is 537. The fourth-order valence-corrected chi connectivity index (χ4v) is 2.65. The first-order valence-electron chi connectivity index (χ1n) is 5.76. The van der Waals surface area contributed by atoms with Gasteiger partial charge in [-0.1, -0.05) is 0 Å². The van der Waals surface area contributed by atoms with E-state index in [2.05, 4.69) is 23.4 Å². The molecule has 0 fully saturated rings. The second kappa shape index (κ2) is 5.44. The topological polar surface area (TPSA) is 43.8 Å². The van der Waals surface area contributed by atoms with Crippen molar-refractivity contribution < 1.29 is 4.39 Å². The number of nitrogen functional groups attached to an aromatic ring is 1. The van der Waals surface area contributed by atoms with Crippen LogP contribution in [0, 0.1) is 5.82 Å². The summed E-state index contributed by atoms with van der Waals surface area (Å²) < 4.78 is 15.2. The Morgan fingerprint density at radius 2 is 2.22 bits per heavy atom. The standard InChI is InChI=1S/C13H16FN3S/c1-9(2)17-8-16-6-11(17)7-18-13-5-10(14)3-4-12(13)15/h3-6,8-9H,7,15H2,1-2H3. The average Bonchev–Trinajstić information content (AvgIpc) is 2.79. The van der Waals surface area contributed by atoms with Gasteiger partial charge in [-0.15, -0.1) is 11.8 Å². The van der Waals surface area contributed by atoms with E-state index in [0.717, 1.165) is 16.3 Å². The maximum absolute atomic E-state index is 13.1.